The van der Waals surface area contributed by atoms with E-state index in [1.165, 1.54) is 10.8 Å². The Bertz CT molecular complexity index is 658. The van der Waals surface area contributed by atoms with Crippen molar-refractivity contribution in [2.45, 2.75) is 0 Å². The fraction of sp³-hybridized carbons (Fsp3) is 0.0833. The van der Waals surface area contributed by atoms with E-state index in [4.69, 9.17) is 5.84 Å². The van der Waals surface area contributed by atoms with Crippen LogP contribution in [-0.4, -0.2) is 4.68 Å². The molecule has 0 aliphatic rings. The van der Waals surface area contributed by atoms with E-state index in [2.05, 4.69) is 24.3 Å². The van der Waals surface area contributed by atoms with E-state index < -0.39 is 0 Å². The normalized spacial score (nSPS) is 10.6. The molecule has 82 valence electrons. The maximum absolute atomic E-state index is 5.94. The van der Waals surface area contributed by atoms with Crippen molar-refractivity contribution < 1.29 is 17.0 Å². The predicted octanol–water partition coefficient (Wildman–Crippen LogP) is -1.66. The molecular formula is C12H12ClN3. The Labute approximate surface area is 99.5 Å². The van der Waals surface area contributed by atoms with Gasteiger partial charge in [0.25, 0.3) is 6.33 Å². The van der Waals surface area contributed by atoms with Crippen LogP contribution < -0.4 is 22.8 Å². The van der Waals surface area contributed by atoms with Crippen molar-refractivity contribution in [2.75, 3.05) is 5.84 Å². The SMILES string of the molecule is C[n+]1cn(N)c2c3ccccc3ccc21.[Cl-]. The number of hydrogen-bond donors (Lipinski definition) is 1. The van der Waals surface area contributed by atoms with Crippen molar-refractivity contribution in [1.82, 2.24) is 4.68 Å². The fourth-order valence-corrected chi connectivity index (χ4v) is 2.11. The van der Waals surface area contributed by atoms with Gasteiger partial charge in [-0.3, -0.25) is 5.84 Å². The number of aromatic nitrogens is 2. The van der Waals surface area contributed by atoms with Gasteiger partial charge in [0, 0.05) is 5.39 Å². The number of aryl methyl sites for hydroxylation is 1. The van der Waals surface area contributed by atoms with Crippen molar-refractivity contribution in [3.05, 3.63) is 42.7 Å². The van der Waals surface area contributed by atoms with Crippen molar-refractivity contribution in [3.8, 4) is 0 Å². The van der Waals surface area contributed by atoms with Crippen LogP contribution in [0.4, 0.5) is 0 Å². The summed E-state index contributed by atoms with van der Waals surface area (Å²) >= 11 is 0. The number of nitrogens with zero attached hydrogens (tertiary/aromatic N) is 2. The number of halogens is 1. The molecule has 1 heterocycles. The molecule has 0 bridgehead atoms. The molecular weight excluding hydrogens is 222 g/mol. The molecule has 0 fully saturated rings. The minimum absolute atomic E-state index is 0. The van der Waals surface area contributed by atoms with Gasteiger partial charge in [-0.25, -0.2) is 4.57 Å². The van der Waals surface area contributed by atoms with Crippen LogP contribution in [0.1, 0.15) is 0 Å². The summed E-state index contributed by atoms with van der Waals surface area (Å²) in [6.45, 7) is 0. The Hall–Kier alpha value is -1.74. The quantitative estimate of drug-likeness (QED) is 0.366. The zero-order valence-corrected chi connectivity index (χ0v) is 9.65. The number of imidazole rings is 1. The Kier molecular flexibility index (Phi) is 2.48. The lowest BCUT2D eigenvalue weighted by atomic mass is 10.1. The molecule has 0 aliphatic carbocycles. The largest absolute Gasteiger partial charge is 1.00 e. The van der Waals surface area contributed by atoms with E-state index in [0.29, 0.717) is 0 Å². The van der Waals surface area contributed by atoms with Gasteiger partial charge in [0.15, 0.2) is 5.52 Å². The molecule has 0 spiro atoms. The van der Waals surface area contributed by atoms with Gasteiger partial charge in [0.2, 0.25) is 5.52 Å². The Morgan fingerprint density at radius 3 is 2.69 bits per heavy atom. The Morgan fingerprint density at radius 1 is 1.12 bits per heavy atom. The Morgan fingerprint density at radius 2 is 1.88 bits per heavy atom. The van der Waals surface area contributed by atoms with E-state index in [1.807, 2.05) is 30.1 Å². The van der Waals surface area contributed by atoms with Gasteiger partial charge in [-0.05, 0) is 23.6 Å². The molecule has 3 aromatic rings. The number of rotatable bonds is 0. The maximum atomic E-state index is 5.94. The summed E-state index contributed by atoms with van der Waals surface area (Å²) in [7, 11) is 2.00. The number of fused-ring (bicyclic) bond motifs is 3. The van der Waals surface area contributed by atoms with Gasteiger partial charge in [0.1, 0.15) is 0 Å². The molecule has 0 radical (unpaired) electrons. The van der Waals surface area contributed by atoms with Gasteiger partial charge >= 0.3 is 0 Å². The minimum atomic E-state index is 0. The summed E-state index contributed by atoms with van der Waals surface area (Å²) in [4.78, 5) is 0. The number of hydrogen-bond acceptors (Lipinski definition) is 1. The van der Waals surface area contributed by atoms with Crippen LogP contribution in [0.15, 0.2) is 42.7 Å². The van der Waals surface area contributed by atoms with Crippen LogP contribution in [-0.2, 0) is 7.05 Å². The fourth-order valence-electron chi connectivity index (χ4n) is 2.11. The second-order valence-corrected chi connectivity index (χ2v) is 3.79. The molecule has 3 rings (SSSR count). The molecule has 0 atom stereocenters. The summed E-state index contributed by atoms with van der Waals surface area (Å²) in [5, 5.41) is 2.41. The molecule has 0 saturated carbocycles. The van der Waals surface area contributed by atoms with Crippen LogP contribution >= 0.6 is 0 Å². The van der Waals surface area contributed by atoms with Crippen LogP contribution in [0.2, 0.25) is 0 Å². The first-order valence-corrected chi connectivity index (χ1v) is 4.91. The number of nitrogen functional groups attached to an aromatic ring is 1. The molecule has 3 nitrogen and oxygen atoms in total. The van der Waals surface area contributed by atoms with Crippen LogP contribution in [0.5, 0.6) is 0 Å². The number of benzene rings is 2. The van der Waals surface area contributed by atoms with Crippen molar-refractivity contribution >= 4 is 21.8 Å². The molecule has 0 saturated heterocycles. The summed E-state index contributed by atoms with van der Waals surface area (Å²) in [6.07, 6.45) is 1.89. The lowest BCUT2D eigenvalue weighted by Crippen LogP contribution is -3.00. The lowest BCUT2D eigenvalue weighted by molar-refractivity contribution is -0.645. The molecule has 0 aliphatic heterocycles. The van der Waals surface area contributed by atoms with Crippen LogP contribution in [0.25, 0.3) is 21.8 Å². The summed E-state index contributed by atoms with van der Waals surface area (Å²) < 4.78 is 3.71. The van der Waals surface area contributed by atoms with E-state index >= 15 is 0 Å². The van der Waals surface area contributed by atoms with Gasteiger partial charge in [0.05, 0.1) is 7.05 Å². The second kappa shape index (κ2) is 3.68. The third kappa shape index (κ3) is 1.32. The van der Waals surface area contributed by atoms with Crippen LogP contribution in [0.3, 0.4) is 0 Å². The van der Waals surface area contributed by atoms with Gasteiger partial charge in [-0.15, -0.1) is 4.68 Å². The first-order valence-electron chi connectivity index (χ1n) is 4.91. The van der Waals surface area contributed by atoms with Gasteiger partial charge in [-0.1, -0.05) is 18.2 Å². The van der Waals surface area contributed by atoms with Gasteiger partial charge < -0.3 is 12.4 Å². The molecule has 2 aromatic carbocycles. The van der Waals surface area contributed by atoms with Gasteiger partial charge in [-0.2, -0.15) is 0 Å². The van der Waals surface area contributed by atoms with E-state index in [-0.39, 0.29) is 12.4 Å². The summed E-state index contributed by atoms with van der Waals surface area (Å²) in [5.74, 6) is 5.94. The predicted molar refractivity (Wildman–Crippen MR) is 60.8 cm³/mol. The molecule has 16 heavy (non-hydrogen) atoms. The molecule has 1 aromatic heterocycles. The molecule has 2 N–H and O–H groups in total. The van der Waals surface area contributed by atoms with Crippen molar-refractivity contribution in [1.29, 1.82) is 0 Å². The third-order valence-corrected chi connectivity index (χ3v) is 2.82. The highest BCUT2D eigenvalue weighted by Gasteiger charge is 2.13. The molecule has 0 unspecified atom stereocenters. The third-order valence-electron chi connectivity index (χ3n) is 2.82. The summed E-state index contributed by atoms with van der Waals surface area (Å²) in [6, 6.07) is 12.5. The zero-order valence-electron chi connectivity index (χ0n) is 8.89. The molecule has 4 heteroatoms. The molecule has 0 amide bonds. The highest BCUT2D eigenvalue weighted by Crippen LogP contribution is 2.22. The smallest absolute Gasteiger partial charge is 0.267 e. The average molecular weight is 234 g/mol. The first-order chi connectivity index (χ1) is 7.27. The highest BCUT2D eigenvalue weighted by atomic mass is 35.5. The zero-order chi connectivity index (χ0) is 10.4. The van der Waals surface area contributed by atoms with Crippen molar-refractivity contribution in [3.63, 3.8) is 0 Å². The second-order valence-electron chi connectivity index (χ2n) is 3.79. The standard InChI is InChI=1S/C12H12N3.ClH/c1-14-8-15(13)12-10-5-3-2-4-9(10)6-7-11(12)14;/h2-8H,13H2,1H3;1H/q+1;/p-1. The topological polar surface area (TPSA) is 34.8 Å². The van der Waals surface area contributed by atoms with E-state index in [1.54, 1.807) is 4.68 Å². The van der Waals surface area contributed by atoms with E-state index in [0.717, 1.165) is 11.0 Å². The summed E-state index contributed by atoms with van der Waals surface area (Å²) in [5.41, 5.74) is 2.23. The maximum Gasteiger partial charge on any atom is 0.267 e. The Balaban J connectivity index is 0.000000963. The van der Waals surface area contributed by atoms with Crippen LogP contribution in [0, 0.1) is 0 Å². The highest BCUT2D eigenvalue weighted by molar-refractivity contribution is 6.03. The first kappa shape index (κ1) is 10.8. The van der Waals surface area contributed by atoms with Crippen molar-refractivity contribution in [2.24, 2.45) is 7.05 Å². The average Bonchev–Trinajstić information content (AvgIpc) is 2.55. The number of nitrogens with two attached hydrogens (primary N) is 1. The monoisotopic (exact) mass is 233 g/mol. The minimum Gasteiger partial charge on any atom is -1.00 e. The van der Waals surface area contributed by atoms with E-state index in [9.17, 15) is 0 Å². The lowest BCUT2D eigenvalue weighted by Gasteiger charge is -1.96.